The van der Waals surface area contributed by atoms with Crippen molar-refractivity contribution in [2.45, 2.75) is 26.9 Å². The number of amides is 1. The molecule has 1 amide bonds. The van der Waals surface area contributed by atoms with Gasteiger partial charge in [-0.1, -0.05) is 17.7 Å². The predicted octanol–water partition coefficient (Wildman–Crippen LogP) is 2.19. The highest BCUT2D eigenvalue weighted by atomic mass is 35.5. The number of carbonyl (C=O) groups excluding carboxylic acids is 1. The maximum absolute atomic E-state index is 13.0. The number of hydrogen-bond acceptors (Lipinski definition) is 3. The molecule has 7 heteroatoms. The maximum Gasteiger partial charge on any atom is 0.242 e. The summed E-state index contributed by atoms with van der Waals surface area (Å²) in [5.41, 5.74) is 8.58. The summed E-state index contributed by atoms with van der Waals surface area (Å²) in [5, 5.41) is 6.95. The Balaban J connectivity index is 1.95. The van der Waals surface area contributed by atoms with Crippen molar-refractivity contribution in [3.8, 4) is 0 Å². The molecule has 0 aliphatic rings. The molecule has 3 N–H and O–H groups in total. The topological polar surface area (TPSA) is 72.9 Å². The number of benzene rings is 1. The molecule has 0 atom stereocenters. The SMILES string of the molecule is Cc1nn(CC(=O)NCc2ccc(F)c(Cl)c2)c(C)c1N. The maximum atomic E-state index is 13.0. The first-order chi connectivity index (χ1) is 9.88. The summed E-state index contributed by atoms with van der Waals surface area (Å²) in [7, 11) is 0. The molecule has 2 aromatic rings. The van der Waals surface area contributed by atoms with Gasteiger partial charge in [0, 0.05) is 6.54 Å². The zero-order valence-corrected chi connectivity index (χ0v) is 12.5. The third kappa shape index (κ3) is 3.52. The molecule has 1 aromatic heterocycles. The molecule has 0 aliphatic carbocycles. The second-order valence-corrected chi connectivity index (χ2v) is 5.17. The van der Waals surface area contributed by atoms with Crippen LogP contribution in [0.4, 0.5) is 10.1 Å². The minimum Gasteiger partial charge on any atom is -0.396 e. The second kappa shape index (κ2) is 6.13. The zero-order chi connectivity index (χ0) is 15.6. The zero-order valence-electron chi connectivity index (χ0n) is 11.8. The number of rotatable bonds is 4. The Labute approximate surface area is 126 Å². The quantitative estimate of drug-likeness (QED) is 0.909. The van der Waals surface area contributed by atoms with E-state index in [9.17, 15) is 9.18 Å². The lowest BCUT2D eigenvalue weighted by molar-refractivity contribution is -0.122. The van der Waals surface area contributed by atoms with Crippen LogP contribution in [0.5, 0.6) is 0 Å². The minimum absolute atomic E-state index is 0.0352. The molecule has 0 saturated heterocycles. The van der Waals surface area contributed by atoms with Crippen molar-refractivity contribution in [3.63, 3.8) is 0 Å². The van der Waals surface area contributed by atoms with Crippen LogP contribution >= 0.6 is 11.6 Å². The van der Waals surface area contributed by atoms with E-state index in [1.165, 1.54) is 12.1 Å². The molecule has 21 heavy (non-hydrogen) atoms. The number of aryl methyl sites for hydroxylation is 1. The fourth-order valence-corrected chi connectivity index (χ4v) is 2.11. The number of aromatic nitrogens is 2. The van der Waals surface area contributed by atoms with Gasteiger partial charge in [-0.25, -0.2) is 4.39 Å². The fraction of sp³-hybridized carbons (Fsp3) is 0.286. The second-order valence-electron chi connectivity index (χ2n) is 4.77. The average molecular weight is 311 g/mol. The van der Waals surface area contributed by atoms with Gasteiger partial charge < -0.3 is 11.1 Å². The van der Waals surface area contributed by atoms with Gasteiger partial charge in [-0.15, -0.1) is 0 Å². The molecule has 0 fully saturated rings. The van der Waals surface area contributed by atoms with Crippen LogP contribution in [0.1, 0.15) is 17.0 Å². The van der Waals surface area contributed by atoms with E-state index >= 15 is 0 Å². The molecule has 0 unspecified atom stereocenters. The van der Waals surface area contributed by atoms with Gasteiger partial charge in [0.15, 0.2) is 0 Å². The molecule has 0 saturated carbocycles. The largest absolute Gasteiger partial charge is 0.396 e. The van der Waals surface area contributed by atoms with Gasteiger partial charge in [0.1, 0.15) is 12.4 Å². The number of carbonyl (C=O) groups is 1. The van der Waals surface area contributed by atoms with Crippen molar-refractivity contribution >= 4 is 23.2 Å². The van der Waals surface area contributed by atoms with Crippen LogP contribution in [0.2, 0.25) is 5.02 Å². The van der Waals surface area contributed by atoms with E-state index < -0.39 is 5.82 Å². The van der Waals surface area contributed by atoms with Gasteiger partial charge in [0.25, 0.3) is 0 Å². The first-order valence-corrected chi connectivity index (χ1v) is 6.76. The lowest BCUT2D eigenvalue weighted by atomic mass is 10.2. The van der Waals surface area contributed by atoms with Gasteiger partial charge in [-0.3, -0.25) is 9.48 Å². The van der Waals surface area contributed by atoms with Crippen molar-refractivity contribution in [2.75, 3.05) is 5.73 Å². The van der Waals surface area contributed by atoms with E-state index in [4.69, 9.17) is 17.3 Å². The van der Waals surface area contributed by atoms with Crippen LogP contribution < -0.4 is 11.1 Å². The van der Waals surface area contributed by atoms with Crippen LogP contribution in [0.25, 0.3) is 0 Å². The highest BCUT2D eigenvalue weighted by Gasteiger charge is 2.11. The normalized spacial score (nSPS) is 10.7. The molecule has 112 valence electrons. The van der Waals surface area contributed by atoms with Gasteiger partial charge >= 0.3 is 0 Å². The highest BCUT2D eigenvalue weighted by Crippen LogP contribution is 2.16. The molecule has 0 spiro atoms. The van der Waals surface area contributed by atoms with E-state index in [1.54, 1.807) is 17.7 Å². The van der Waals surface area contributed by atoms with Crippen molar-refractivity contribution < 1.29 is 9.18 Å². The molecular weight excluding hydrogens is 295 g/mol. The van der Waals surface area contributed by atoms with Crippen LogP contribution in [-0.2, 0) is 17.9 Å². The van der Waals surface area contributed by atoms with Gasteiger partial charge in [0.2, 0.25) is 5.91 Å². The molecule has 2 rings (SSSR count). The predicted molar refractivity (Wildman–Crippen MR) is 79.4 cm³/mol. The number of hydrogen-bond donors (Lipinski definition) is 2. The fourth-order valence-electron chi connectivity index (χ4n) is 1.91. The number of nitrogens with one attached hydrogen (secondary N) is 1. The third-order valence-corrected chi connectivity index (χ3v) is 3.49. The number of nitrogens with two attached hydrogens (primary N) is 1. The molecule has 5 nitrogen and oxygen atoms in total. The van der Waals surface area contributed by atoms with E-state index in [0.717, 1.165) is 11.3 Å². The summed E-state index contributed by atoms with van der Waals surface area (Å²) in [4.78, 5) is 11.9. The summed E-state index contributed by atoms with van der Waals surface area (Å²) < 4.78 is 14.6. The molecular formula is C14H16ClFN4O. The highest BCUT2D eigenvalue weighted by molar-refractivity contribution is 6.30. The Hall–Kier alpha value is -2.08. The Morgan fingerprint density at radius 3 is 2.76 bits per heavy atom. The van der Waals surface area contributed by atoms with E-state index in [1.807, 2.05) is 6.92 Å². The minimum atomic E-state index is -0.482. The molecule has 0 radical (unpaired) electrons. The van der Waals surface area contributed by atoms with Crippen molar-refractivity contribution in [1.82, 2.24) is 15.1 Å². The number of nitrogen functional groups attached to an aromatic ring is 1. The van der Waals surface area contributed by atoms with Crippen LogP contribution in [-0.4, -0.2) is 15.7 Å². The Kier molecular flexibility index (Phi) is 4.47. The van der Waals surface area contributed by atoms with Crippen molar-refractivity contribution in [1.29, 1.82) is 0 Å². The Morgan fingerprint density at radius 2 is 2.19 bits per heavy atom. The average Bonchev–Trinajstić information content (AvgIpc) is 2.68. The first kappa shape index (κ1) is 15.3. The third-order valence-electron chi connectivity index (χ3n) is 3.20. The van der Waals surface area contributed by atoms with Gasteiger partial charge in [-0.05, 0) is 31.5 Å². The lowest BCUT2D eigenvalue weighted by Crippen LogP contribution is -2.28. The number of nitrogens with zero attached hydrogens (tertiary/aromatic N) is 2. The summed E-state index contributed by atoms with van der Waals surface area (Å²) in [5.74, 6) is -0.689. The van der Waals surface area contributed by atoms with E-state index in [-0.39, 0.29) is 24.0 Å². The van der Waals surface area contributed by atoms with E-state index in [2.05, 4.69) is 10.4 Å². The molecule has 1 aromatic carbocycles. The van der Waals surface area contributed by atoms with Gasteiger partial charge in [0.05, 0.1) is 22.1 Å². The number of halogens is 2. The molecule has 0 aliphatic heterocycles. The molecule has 1 heterocycles. The van der Waals surface area contributed by atoms with Crippen molar-refractivity contribution in [2.24, 2.45) is 0 Å². The Bertz CT molecular complexity index is 684. The smallest absolute Gasteiger partial charge is 0.242 e. The van der Waals surface area contributed by atoms with Crippen LogP contribution in [0.3, 0.4) is 0 Å². The van der Waals surface area contributed by atoms with Gasteiger partial charge in [-0.2, -0.15) is 5.10 Å². The van der Waals surface area contributed by atoms with E-state index in [0.29, 0.717) is 11.4 Å². The lowest BCUT2D eigenvalue weighted by Gasteiger charge is -2.07. The summed E-state index contributed by atoms with van der Waals surface area (Å²) in [6.45, 7) is 3.95. The molecule has 0 bridgehead atoms. The van der Waals surface area contributed by atoms with Crippen molar-refractivity contribution in [3.05, 3.63) is 46.0 Å². The Morgan fingerprint density at radius 1 is 1.48 bits per heavy atom. The van der Waals surface area contributed by atoms with Crippen LogP contribution in [0.15, 0.2) is 18.2 Å². The monoisotopic (exact) mass is 310 g/mol. The standard InChI is InChI=1S/C14H16ClFN4O/c1-8-14(17)9(2)20(19-8)7-13(21)18-6-10-3-4-12(16)11(15)5-10/h3-5H,6-7,17H2,1-2H3,(H,18,21). The summed E-state index contributed by atoms with van der Waals surface area (Å²) in [6.07, 6.45) is 0. The first-order valence-electron chi connectivity index (χ1n) is 6.38. The van der Waals surface area contributed by atoms with Crippen LogP contribution in [0, 0.1) is 19.7 Å². The number of anilines is 1. The summed E-state index contributed by atoms with van der Waals surface area (Å²) in [6, 6.07) is 4.33. The summed E-state index contributed by atoms with van der Waals surface area (Å²) >= 11 is 5.68.